The maximum Gasteiger partial charge on any atom is 0.264 e. The molecule has 2 amide bonds. The summed E-state index contributed by atoms with van der Waals surface area (Å²) in [6, 6.07) is 19.5. The number of halogens is 1. The molecule has 0 aliphatic rings. The topological polar surface area (TPSA) is 86.8 Å². The number of anilines is 1. The molecule has 0 saturated carbocycles. The number of nitrogens with zero attached hydrogens (tertiary/aromatic N) is 2. The van der Waals surface area contributed by atoms with Crippen molar-refractivity contribution in [1.82, 2.24) is 10.2 Å². The standard InChI is InChI=1S/C30H36ClN3O4S/c1-5-6-18-32-30(36)24(4)33(20-25-13-15-26(31)16-14-25)29(35)21-34(27-17-12-22(2)23(3)19-27)39(37,38)28-10-8-7-9-11-28/h7-17,19,24H,5-6,18,20-21H2,1-4H3,(H,32,36)/t24-/m0/s1. The Labute approximate surface area is 236 Å². The highest BCUT2D eigenvalue weighted by Crippen LogP contribution is 2.26. The van der Waals surface area contributed by atoms with Crippen LogP contribution in [0.15, 0.2) is 77.7 Å². The van der Waals surface area contributed by atoms with Crippen molar-refractivity contribution in [1.29, 1.82) is 0 Å². The van der Waals surface area contributed by atoms with Gasteiger partial charge < -0.3 is 10.2 Å². The lowest BCUT2D eigenvalue weighted by atomic mass is 10.1. The molecule has 39 heavy (non-hydrogen) atoms. The van der Waals surface area contributed by atoms with Gasteiger partial charge in [-0.05, 0) is 80.3 Å². The van der Waals surface area contributed by atoms with E-state index in [2.05, 4.69) is 5.32 Å². The van der Waals surface area contributed by atoms with E-state index >= 15 is 0 Å². The van der Waals surface area contributed by atoms with Gasteiger partial charge in [0.25, 0.3) is 10.0 Å². The Bertz CT molecular complexity index is 1380. The predicted molar refractivity (Wildman–Crippen MR) is 156 cm³/mol. The van der Waals surface area contributed by atoms with Crippen LogP contribution in [0.3, 0.4) is 0 Å². The first-order valence-corrected chi connectivity index (χ1v) is 14.8. The van der Waals surface area contributed by atoms with Gasteiger partial charge in [0.15, 0.2) is 0 Å². The van der Waals surface area contributed by atoms with Gasteiger partial charge in [-0.15, -0.1) is 0 Å². The first-order valence-electron chi connectivity index (χ1n) is 13.0. The average Bonchev–Trinajstić information content (AvgIpc) is 2.93. The monoisotopic (exact) mass is 569 g/mol. The molecule has 0 heterocycles. The number of benzene rings is 3. The summed E-state index contributed by atoms with van der Waals surface area (Å²) in [6.07, 6.45) is 1.74. The summed E-state index contributed by atoms with van der Waals surface area (Å²) < 4.78 is 28.8. The summed E-state index contributed by atoms with van der Waals surface area (Å²) in [7, 11) is -4.09. The molecule has 7 nitrogen and oxygen atoms in total. The summed E-state index contributed by atoms with van der Waals surface area (Å²) in [5.41, 5.74) is 3.05. The van der Waals surface area contributed by atoms with E-state index in [1.54, 1.807) is 61.5 Å². The van der Waals surface area contributed by atoms with Crippen LogP contribution in [-0.4, -0.2) is 44.3 Å². The van der Waals surface area contributed by atoms with E-state index < -0.39 is 28.5 Å². The molecule has 3 aromatic carbocycles. The molecule has 3 aromatic rings. The van der Waals surface area contributed by atoms with Crippen molar-refractivity contribution in [3.05, 3.63) is 94.5 Å². The number of rotatable bonds is 12. The number of hydrogen-bond acceptors (Lipinski definition) is 4. The third-order valence-electron chi connectivity index (χ3n) is 6.65. The second kappa shape index (κ2) is 13.6. The summed E-state index contributed by atoms with van der Waals surface area (Å²) >= 11 is 6.05. The van der Waals surface area contributed by atoms with Gasteiger partial charge in [0.1, 0.15) is 12.6 Å². The van der Waals surface area contributed by atoms with Gasteiger partial charge in [-0.3, -0.25) is 13.9 Å². The highest BCUT2D eigenvalue weighted by atomic mass is 35.5. The smallest absolute Gasteiger partial charge is 0.264 e. The summed E-state index contributed by atoms with van der Waals surface area (Å²) in [6.45, 7) is 7.66. The zero-order valence-corrected chi connectivity index (χ0v) is 24.4. The quantitative estimate of drug-likeness (QED) is 0.292. The van der Waals surface area contributed by atoms with E-state index in [0.29, 0.717) is 17.3 Å². The Morgan fingerprint density at radius 3 is 2.23 bits per heavy atom. The molecule has 208 valence electrons. The molecule has 0 spiro atoms. The molecule has 1 atom stereocenters. The number of hydrogen-bond donors (Lipinski definition) is 1. The fraction of sp³-hybridized carbons (Fsp3) is 0.333. The summed E-state index contributed by atoms with van der Waals surface area (Å²) in [5.74, 6) is -0.796. The van der Waals surface area contributed by atoms with Crippen molar-refractivity contribution in [2.75, 3.05) is 17.4 Å². The molecule has 0 aromatic heterocycles. The van der Waals surface area contributed by atoms with Crippen molar-refractivity contribution in [2.45, 2.75) is 58.0 Å². The van der Waals surface area contributed by atoms with Gasteiger partial charge >= 0.3 is 0 Å². The maximum atomic E-state index is 13.9. The molecular weight excluding hydrogens is 534 g/mol. The number of carbonyl (C=O) groups is 2. The number of nitrogens with one attached hydrogen (secondary N) is 1. The molecule has 3 rings (SSSR count). The maximum absolute atomic E-state index is 13.9. The largest absolute Gasteiger partial charge is 0.354 e. The SMILES string of the molecule is CCCCNC(=O)[C@H](C)N(Cc1ccc(Cl)cc1)C(=O)CN(c1ccc(C)c(C)c1)S(=O)(=O)c1ccccc1. The van der Waals surface area contributed by atoms with Crippen LogP contribution in [0.1, 0.15) is 43.4 Å². The highest BCUT2D eigenvalue weighted by molar-refractivity contribution is 7.92. The van der Waals surface area contributed by atoms with E-state index in [9.17, 15) is 18.0 Å². The van der Waals surface area contributed by atoms with Crippen molar-refractivity contribution in [3.63, 3.8) is 0 Å². The normalized spacial score (nSPS) is 12.0. The highest BCUT2D eigenvalue weighted by Gasteiger charge is 2.32. The van der Waals surface area contributed by atoms with Crippen molar-refractivity contribution < 1.29 is 18.0 Å². The van der Waals surface area contributed by atoms with Gasteiger partial charge in [-0.25, -0.2) is 8.42 Å². The van der Waals surface area contributed by atoms with Crippen molar-refractivity contribution in [3.8, 4) is 0 Å². The Kier molecular flexibility index (Phi) is 10.5. The number of unbranched alkanes of at least 4 members (excludes halogenated alkanes) is 1. The molecule has 0 fully saturated rings. The summed E-state index contributed by atoms with van der Waals surface area (Å²) in [5, 5.41) is 3.44. The molecule has 0 aliphatic carbocycles. The van der Waals surface area contributed by atoms with Crippen LogP contribution in [0, 0.1) is 13.8 Å². The van der Waals surface area contributed by atoms with Gasteiger partial charge in [0, 0.05) is 18.1 Å². The molecule has 0 bridgehead atoms. The molecule has 9 heteroatoms. The Balaban J connectivity index is 2.00. The minimum atomic E-state index is -4.09. The molecular formula is C30H36ClN3O4S. The van der Waals surface area contributed by atoms with Gasteiger partial charge in [0.05, 0.1) is 10.6 Å². The number of sulfonamides is 1. The molecule has 1 N–H and O–H groups in total. The number of amides is 2. The van der Waals surface area contributed by atoms with Crippen LogP contribution in [0.4, 0.5) is 5.69 Å². The predicted octanol–water partition coefficient (Wildman–Crippen LogP) is 5.49. The van der Waals surface area contributed by atoms with E-state index in [4.69, 9.17) is 11.6 Å². The zero-order chi connectivity index (χ0) is 28.6. The van der Waals surface area contributed by atoms with Crippen LogP contribution in [0.5, 0.6) is 0 Å². The minimum absolute atomic E-state index is 0.0747. The molecule has 0 saturated heterocycles. The fourth-order valence-corrected chi connectivity index (χ4v) is 5.59. The number of carbonyl (C=O) groups excluding carboxylic acids is 2. The van der Waals surface area contributed by atoms with E-state index in [0.717, 1.165) is 33.8 Å². The van der Waals surface area contributed by atoms with E-state index in [1.165, 1.54) is 17.0 Å². The fourth-order valence-electron chi connectivity index (χ4n) is 4.03. The Hall–Kier alpha value is -3.36. The molecule has 0 radical (unpaired) electrons. The van der Waals surface area contributed by atoms with Gasteiger partial charge in [-0.1, -0.05) is 61.3 Å². The zero-order valence-electron chi connectivity index (χ0n) is 22.9. The van der Waals surface area contributed by atoms with Crippen molar-refractivity contribution in [2.24, 2.45) is 0 Å². The number of aryl methyl sites for hydroxylation is 2. The summed E-state index contributed by atoms with van der Waals surface area (Å²) in [4.78, 5) is 28.4. The second-order valence-electron chi connectivity index (χ2n) is 9.56. The van der Waals surface area contributed by atoms with E-state index in [1.807, 2.05) is 26.8 Å². The van der Waals surface area contributed by atoms with E-state index in [-0.39, 0.29) is 17.3 Å². The van der Waals surface area contributed by atoms with Gasteiger partial charge in [-0.2, -0.15) is 0 Å². The first-order chi connectivity index (χ1) is 18.5. The Morgan fingerprint density at radius 2 is 1.62 bits per heavy atom. The second-order valence-corrected chi connectivity index (χ2v) is 11.9. The lowest BCUT2D eigenvalue weighted by molar-refractivity contribution is -0.139. The third-order valence-corrected chi connectivity index (χ3v) is 8.69. The molecule has 0 unspecified atom stereocenters. The minimum Gasteiger partial charge on any atom is -0.354 e. The lowest BCUT2D eigenvalue weighted by Crippen LogP contribution is -2.51. The van der Waals surface area contributed by atoms with Gasteiger partial charge in [0.2, 0.25) is 11.8 Å². The van der Waals surface area contributed by atoms with Crippen LogP contribution >= 0.6 is 11.6 Å². The molecule has 0 aliphatic heterocycles. The average molecular weight is 570 g/mol. The first kappa shape index (κ1) is 30.2. The van der Waals surface area contributed by atoms with Crippen LogP contribution in [-0.2, 0) is 26.2 Å². The van der Waals surface area contributed by atoms with Crippen LogP contribution in [0.2, 0.25) is 5.02 Å². The lowest BCUT2D eigenvalue weighted by Gasteiger charge is -2.32. The van der Waals surface area contributed by atoms with Crippen LogP contribution < -0.4 is 9.62 Å². The van der Waals surface area contributed by atoms with Crippen LogP contribution in [0.25, 0.3) is 0 Å². The van der Waals surface area contributed by atoms with Crippen molar-refractivity contribution >= 4 is 39.1 Å². The third kappa shape index (κ3) is 7.83. The Morgan fingerprint density at radius 1 is 0.949 bits per heavy atom.